The van der Waals surface area contributed by atoms with Gasteiger partial charge < -0.3 is 15.2 Å². The van der Waals surface area contributed by atoms with Crippen LogP contribution in [0.25, 0.3) is 11.3 Å². The molecule has 0 spiro atoms. The molecule has 34 heavy (non-hydrogen) atoms. The molecule has 1 heterocycles. The van der Waals surface area contributed by atoms with E-state index in [0.29, 0.717) is 22.0 Å². The van der Waals surface area contributed by atoms with E-state index < -0.39 is 5.91 Å². The number of nitrogens with two attached hydrogens (primary N) is 1. The zero-order valence-corrected chi connectivity index (χ0v) is 19.5. The SMILES string of the molecule is COc1ccc(C)cc1-c1csc(NC(=O)c2cccc(COc3ccccc3C(N)=O)c2)n1. The van der Waals surface area contributed by atoms with Crippen molar-refractivity contribution in [3.05, 3.63) is 94.4 Å². The number of aromatic nitrogens is 1. The first-order chi connectivity index (χ1) is 16.4. The molecular weight excluding hydrogens is 450 g/mol. The van der Waals surface area contributed by atoms with Crippen LogP contribution in [0.15, 0.2) is 72.1 Å². The van der Waals surface area contributed by atoms with Gasteiger partial charge in [-0.05, 0) is 48.9 Å². The molecule has 0 aliphatic heterocycles. The lowest BCUT2D eigenvalue weighted by Gasteiger charge is -2.10. The van der Waals surface area contributed by atoms with E-state index in [1.54, 1.807) is 49.6 Å². The van der Waals surface area contributed by atoms with Gasteiger partial charge in [0.15, 0.2) is 5.13 Å². The minimum atomic E-state index is -0.560. The Kier molecular flexibility index (Phi) is 6.89. The van der Waals surface area contributed by atoms with Crippen molar-refractivity contribution in [2.24, 2.45) is 5.73 Å². The summed E-state index contributed by atoms with van der Waals surface area (Å²) in [5.74, 6) is 0.275. The van der Waals surface area contributed by atoms with Crippen LogP contribution in [0.4, 0.5) is 5.13 Å². The Bertz CT molecular complexity index is 1350. The smallest absolute Gasteiger partial charge is 0.257 e. The van der Waals surface area contributed by atoms with Gasteiger partial charge in [-0.1, -0.05) is 35.9 Å². The number of carbonyl (C=O) groups is 2. The maximum absolute atomic E-state index is 12.8. The molecule has 4 rings (SSSR count). The quantitative estimate of drug-likeness (QED) is 0.372. The number of rotatable bonds is 8. The average molecular weight is 474 g/mol. The molecule has 4 aromatic rings. The van der Waals surface area contributed by atoms with Crippen LogP contribution in [0.3, 0.4) is 0 Å². The molecule has 0 atom stereocenters. The number of hydrogen-bond donors (Lipinski definition) is 2. The van der Waals surface area contributed by atoms with Crippen LogP contribution in [-0.4, -0.2) is 23.9 Å². The predicted octanol–water partition coefficient (Wildman–Crippen LogP) is 5.06. The fourth-order valence-corrected chi connectivity index (χ4v) is 4.11. The number of hydrogen-bond acceptors (Lipinski definition) is 6. The monoisotopic (exact) mass is 473 g/mol. The Hall–Kier alpha value is -4.17. The molecule has 0 fully saturated rings. The van der Waals surface area contributed by atoms with E-state index in [1.165, 1.54) is 11.3 Å². The molecule has 172 valence electrons. The number of amides is 2. The minimum Gasteiger partial charge on any atom is -0.496 e. The van der Waals surface area contributed by atoms with Crippen LogP contribution < -0.4 is 20.5 Å². The van der Waals surface area contributed by atoms with Crippen LogP contribution in [0.2, 0.25) is 0 Å². The summed E-state index contributed by atoms with van der Waals surface area (Å²) in [4.78, 5) is 29.0. The third-order valence-corrected chi connectivity index (χ3v) is 5.85. The molecule has 3 N–H and O–H groups in total. The van der Waals surface area contributed by atoms with Crippen LogP contribution in [0, 0.1) is 6.92 Å². The number of nitrogens with zero attached hydrogens (tertiary/aromatic N) is 1. The normalized spacial score (nSPS) is 10.5. The number of ether oxygens (including phenoxy) is 2. The summed E-state index contributed by atoms with van der Waals surface area (Å²) < 4.78 is 11.2. The van der Waals surface area contributed by atoms with Crippen LogP contribution >= 0.6 is 11.3 Å². The Morgan fingerprint density at radius 3 is 2.65 bits per heavy atom. The second-order valence-corrected chi connectivity index (χ2v) is 8.40. The molecule has 2 amide bonds. The summed E-state index contributed by atoms with van der Waals surface area (Å²) in [6, 6.07) is 19.7. The van der Waals surface area contributed by atoms with E-state index in [9.17, 15) is 9.59 Å². The molecule has 1 aromatic heterocycles. The lowest BCUT2D eigenvalue weighted by molar-refractivity contribution is 0.0994. The Balaban J connectivity index is 1.46. The first-order valence-electron chi connectivity index (χ1n) is 10.5. The van der Waals surface area contributed by atoms with Crippen molar-refractivity contribution in [1.29, 1.82) is 0 Å². The third-order valence-electron chi connectivity index (χ3n) is 5.09. The first kappa shape index (κ1) is 23.0. The number of para-hydroxylation sites is 1. The number of aryl methyl sites for hydroxylation is 1. The number of primary amides is 1. The van der Waals surface area contributed by atoms with Gasteiger partial charge in [-0.25, -0.2) is 4.98 Å². The van der Waals surface area contributed by atoms with Crippen LogP contribution in [0.5, 0.6) is 11.5 Å². The molecule has 8 heteroatoms. The maximum atomic E-state index is 12.8. The lowest BCUT2D eigenvalue weighted by Crippen LogP contribution is -2.13. The summed E-state index contributed by atoms with van der Waals surface area (Å²) in [5.41, 5.74) is 9.64. The maximum Gasteiger partial charge on any atom is 0.257 e. The van der Waals surface area contributed by atoms with E-state index in [4.69, 9.17) is 15.2 Å². The average Bonchev–Trinajstić information content (AvgIpc) is 3.31. The molecule has 0 aliphatic rings. The number of carbonyl (C=O) groups excluding carboxylic acids is 2. The van der Waals surface area contributed by atoms with Gasteiger partial charge in [0.1, 0.15) is 18.1 Å². The Morgan fingerprint density at radius 2 is 1.85 bits per heavy atom. The standard InChI is InChI=1S/C26H23N3O4S/c1-16-10-11-22(32-2)20(12-16)21-15-34-26(28-21)29-25(31)18-7-5-6-17(13-18)14-33-23-9-4-3-8-19(23)24(27)30/h3-13,15H,14H2,1-2H3,(H2,27,30)(H,28,29,31). The molecule has 0 aliphatic carbocycles. The Morgan fingerprint density at radius 1 is 1.03 bits per heavy atom. The number of benzene rings is 3. The Labute approximate surface area is 201 Å². The van der Waals surface area contributed by atoms with Crippen molar-refractivity contribution in [2.45, 2.75) is 13.5 Å². The van der Waals surface area contributed by atoms with Gasteiger partial charge in [0.2, 0.25) is 0 Å². The van der Waals surface area contributed by atoms with E-state index in [1.807, 2.05) is 36.6 Å². The van der Waals surface area contributed by atoms with Gasteiger partial charge in [0, 0.05) is 16.5 Å². The molecular formula is C26H23N3O4S. The summed E-state index contributed by atoms with van der Waals surface area (Å²) in [7, 11) is 1.62. The van der Waals surface area contributed by atoms with Crippen LogP contribution in [-0.2, 0) is 6.61 Å². The second kappa shape index (κ2) is 10.2. The fraction of sp³-hybridized carbons (Fsp3) is 0.115. The summed E-state index contributed by atoms with van der Waals surface area (Å²) >= 11 is 1.34. The number of nitrogens with one attached hydrogen (secondary N) is 1. The fourth-order valence-electron chi connectivity index (χ4n) is 3.41. The van der Waals surface area contributed by atoms with Gasteiger partial charge in [0.05, 0.1) is 18.4 Å². The van der Waals surface area contributed by atoms with E-state index in [0.717, 1.165) is 28.1 Å². The first-order valence-corrected chi connectivity index (χ1v) is 11.3. The largest absolute Gasteiger partial charge is 0.496 e. The summed E-state index contributed by atoms with van der Waals surface area (Å²) in [5, 5.41) is 5.22. The lowest BCUT2D eigenvalue weighted by atomic mass is 10.1. The van der Waals surface area contributed by atoms with Gasteiger partial charge in [0.25, 0.3) is 11.8 Å². The highest BCUT2D eigenvalue weighted by molar-refractivity contribution is 7.14. The number of anilines is 1. The van der Waals surface area contributed by atoms with Crippen LogP contribution in [0.1, 0.15) is 31.8 Å². The zero-order valence-electron chi connectivity index (χ0n) is 18.7. The van der Waals surface area contributed by atoms with E-state index in [2.05, 4.69) is 10.3 Å². The number of methoxy groups -OCH3 is 1. The molecule has 0 unspecified atom stereocenters. The van der Waals surface area contributed by atoms with Crippen molar-refractivity contribution in [3.63, 3.8) is 0 Å². The van der Waals surface area contributed by atoms with Crippen molar-refractivity contribution in [2.75, 3.05) is 12.4 Å². The molecule has 0 radical (unpaired) electrons. The van der Waals surface area contributed by atoms with Gasteiger partial charge >= 0.3 is 0 Å². The van der Waals surface area contributed by atoms with E-state index >= 15 is 0 Å². The van der Waals surface area contributed by atoms with Gasteiger partial charge in [-0.15, -0.1) is 11.3 Å². The van der Waals surface area contributed by atoms with Gasteiger partial charge in [-0.2, -0.15) is 0 Å². The molecule has 7 nitrogen and oxygen atoms in total. The van der Waals surface area contributed by atoms with Crippen molar-refractivity contribution in [3.8, 4) is 22.8 Å². The molecule has 0 saturated heterocycles. The molecule has 3 aromatic carbocycles. The summed E-state index contributed by atoms with van der Waals surface area (Å²) in [6.07, 6.45) is 0. The third kappa shape index (κ3) is 5.24. The molecule has 0 bridgehead atoms. The van der Waals surface area contributed by atoms with Crippen molar-refractivity contribution < 1.29 is 19.1 Å². The highest BCUT2D eigenvalue weighted by Crippen LogP contribution is 2.33. The summed E-state index contributed by atoms with van der Waals surface area (Å²) in [6.45, 7) is 2.18. The second-order valence-electron chi connectivity index (χ2n) is 7.55. The topological polar surface area (TPSA) is 104 Å². The molecule has 0 saturated carbocycles. The zero-order chi connectivity index (χ0) is 24.1. The van der Waals surface area contributed by atoms with Crippen molar-refractivity contribution >= 4 is 28.3 Å². The highest BCUT2D eigenvalue weighted by Gasteiger charge is 2.14. The highest BCUT2D eigenvalue weighted by atomic mass is 32.1. The van der Waals surface area contributed by atoms with Gasteiger partial charge in [-0.3, -0.25) is 14.9 Å². The van der Waals surface area contributed by atoms with E-state index in [-0.39, 0.29) is 12.5 Å². The predicted molar refractivity (Wildman–Crippen MR) is 133 cm³/mol. The minimum absolute atomic E-state index is 0.181. The number of thiazole rings is 1. The van der Waals surface area contributed by atoms with Crippen molar-refractivity contribution in [1.82, 2.24) is 4.98 Å².